The first-order valence-corrected chi connectivity index (χ1v) is 33.8. The van der Waals surface area contributed by atoms with Crippen molar-refractivity contribution in [3.8, 4) is 0 Å². The molecule has 0 spiro atoms. The SMILES string of the molecule is CCCCCCC/C=C\C/C=C\CCCCCCCCCCCCCC(=O)OCC(COC(=O)CCCCCCCCCCCCCCCC)OC(=O)CCCCCCCCCCCCCCCCCCCCCC. The highest BCUT2D eigenvalue weighted by Gasteiger charge is 2.19. The van der Waals surface area contributed by atoms with Gasteiger partial charge in [0.2, 0.25) is 0 Å². The Bertz CT molecular complexity index is 1210. The first-order chi connectivity index (χ1) is 37.0. The zero-order chi connectivity index (χ0) is 54.3. The van der Waals surface area contributed by atoms with Crippen LogP contribution in [0.4, 0.5) is 0 Å². The van der Waals surface area contributed by atoms with Crippen molar-refractivity contribution >= 4 is 17.9 Å². The van der Waals surface area contributed by atoms with E-state index in [4.69, 9.17) is 14.2 Å². The highest BCUT2D eigenvalue weighted by Crippen LogP contribution is 2.18. The molecule has 0 aromatic heterocycles. The van der Waals surface area contributed by atoms with E-state index in [1.165, 1.54) is 276 Å². The Hall–Kier alpha value is -2.11. The molecular weight excluding hydrogens is 925 g/mol. The second kappa shape index (κ2) is 64.4. The number of ether oxygens (including phenoxy) is 3. The molecule has 0 heterocycles. The van der Waals surface area contributed by atoms with Gasteiger partial charge in [-0.05, 0) is 51.4 Å². The predicted octanol–water partition coefficient (Wildman–Crippen LogP) is 23.0. The molecule has 0 aromatic rings. The topological polar surface area (TPSA) is 78.9 Å². The quantitative estimate of drug-likeness (QED) is 0.0261. The zero-order valence-electron chi connectivity index (χ0n) is 50.8. The molecule has 0 radical (unpaired) electrons. The fourth-order valence-electron chi connectivity index (χ4n) is 10.4. The van der Waals surface area contributed by atoms with Gasteiger partial charge in [-0.15, -0.1) is 0 Å². The highest BCUT2D eigenvalue weighted by atomic mass is 16.6. The number of unbranched alkanes of at least 4 members (excludes halogenated alkanes) is 48. The normalized spacial score (nSPS) is 12.1. The average Bonchev–Trinajstić information content (AvgIpc) is 3.41. The lowest BCUT2D eigenvalue weighted by atomic mass is 10.0. The first-order valence-electron chi connectivity index (χ1n) is 33.8. The number of carbonyl (C=O) groups excluding carboxylic acids is 3. The Morgan fingerprint density at radius 2 is 0.480 bits per heavy atom. The molecule has 0 N–H and O–H groups in total. The Morgan fingerprint density at radius 3 is 0.733 bits per heavy atom. The van der Waals surface area contributed by atoms with Crippen molar-refractivity contribution < 1.29 is 28.6 Å². The van der Waals surface area contributed by atoms with Crippen LogP contribution in [0.25, 0.3) is 0 Å². The molecule has 0 rings (SSSR count). The first kappa shape index (κ1) is 72.9. The van der Waals surface area contributed by atoms with E-state index in [0.717, 1.165) is 64.2 Å². The van der Waals surface area contributed by atoms with Gasteiger partial charge >= 0.3 is 17.9 Å². The van der Waals surface area contributed by atoms with Gasteiger partial charge in [-0.1, -0.05) is 334 Å². The molecule has 75 heavy (non-hydrogen) atoms. The monoisotopic (exact) mass is 1050 g/mol. The molecule has 0 fully saturated rings. The molecule has 0 aliphatic carbocycles. The molecular formula is C69H130O6. The Balaban J connectivity index is 4.27. The minimum atomic E-state index is -0.768. The van der Waals surface area contributed by atoms with Crippen LogP contribution < -0.4 is 0 Å². The van der Waals surface area contributed by atoms with Crippen molar-refractivity contribution in [2.24, 2.45) is 0 Å². The van der Waals surface area contributed by atoms with Crippen molar-refractivity contribution in [1.29, 1.82) is 0 Å². The number of hydrogen-bond acceptors (Lipinski definition) is 6. The minimum Gasteiger partial charge on any atom is -0.462 e. The molecule has 0 saturated heterocycles. The van der Waals surface area contributed by atoms with Crippen LogP contribution in [-0.2, 0) is 28.6 Å². The summed E-state index contributed by atoms with van der Waals surface area (Å²) in [6.07, 6.45) is 77.6. The smallest absolute Gasteiger partial charge is 0.306 e. The van der Waals surface area contributed by atoms with Crippen LogP contribution in [0.3, 0.4) is 0 Å². The Labute approximate surface area is 468 Å². The largest absolute Gasteiger partial charge is 0.462 e. The maximum Gasteiger partial charge on any atom is 0.306 e. The molecule has 0 aliphatic rings. The van der Waals surface area contributed by atoms with Crippen LogP contribution in [-0.4, -0.2) is 37.2 Å². The fraction of sp³-hybridized carbons (Fsp3) is 0.899. The summed E-state index contributed by atoms with van der Waals surface area (Å²) in [5, 5.41) is 0. The van der Waals surface area contributed by atoms with E-state index in [2.05, 4.69) is 45.1 Å². The Morgan fingerprint density at radius 1 is 0.267 bits per heavy atom. The summed E-state index contributed by atoms with van der Waals surface area (Å²) in [7, 11) is 0. The van der Waals surface area contributed by atoms with Crippen molar-refractivity contribution in [1.82, 2.24) is 0 Å². The molecule has 0 amide bonds. The lowest BCUT2D eigenvalue weighted by molar-refractivity contribution is -0.167. The van der Waals surface area contributed by atoms with E-state index < -0.39 is 6.10 Å². The standard InChI is InChI=1S/C69H130O6/c1-4-7-10-13-16-19-22-25-28-30-32-34-35-36-38-39-41-44-47-50-53-56-59-62-68(71)74-65-66(64-73-67(70)61-58-55-52-49-46-43-27-24-21-18-15-12-9-6-3)75-69(72)63-60-57-54-51-48-45-42-40-37-33-31-29-26-23-20-17-14-11-8-5-2/h22,25,30,32,66H,4-21,23-24,26-29,31,33-65H2,1-3H3/b25-22-,32-30-. The van der Waals surface area contributed by atoms with E-state index in [9.17, 15) is 14.4 Å². The van der Waals surface area contributed by atoms with E-state index in [1.807, 2.05) is 0 Å². The van der Waals surface area contributed by atoms with Gasteiger partial charge in [0.15, 0.2) is 6.10 Å². The third-order valence-electron chi connectivity index (χ3n) is 15.5. The third-order valence-corrected chi connectivity index (χ3v) is 15.5. The summed E-state index contributed by atoms with van der Waals surface area (Å²) in [6, 6.07) is 0. The van der Waals surface area contributed by atoms with Gasteiger partial charge in [-0.25, -0.2) is 0 Å². The number of rotatable bonds is 63. The molecule has 1 unspecified atom stereocenters. The average molecular weight is 1060 g/mol. The fourth-order valence-corrected chi connectivity index (χ4v) is 10.4. The third kappa shape index (κ3) is 62.6. The number of allylic oxidation sites excluding steroid dienone is 4. The van der Waals surface area contributed by atoms with Crippen LogP contribution in [0.5, 0.6) is 0 Å². The summed E-state index contributed by atoms with van der Waals surface area (Å²) in [5.41, 5.74) is 0. The molecule has 6 heteroatoms. The lowest BCUT2D eigenvalue weighted by Crippen LogP contribution is -2.30. The molecule has 1 atom stereocenters. The van der Waals surface area contributed by atoms with Gasteiger partial charge in [-0.3, -0.25) is 14.4 Å². The summed E-state index contributed by atoms with van der Waals surface area (Å²) in [4.78, 5) is 38.4. The molecule has 0 aromatic carbocycles. The summed E-state index contributed by atoms with van der Waals surface area (Å²) >= 11 is 0. The van der Waals surface area contributed by atoms with Crippen molar-refractivity contribution in [3.63, 3.8) is 0 Å². The van der Waals surface area contributed by atoms with Crippen LogP contribution in [0, 0.1) is 0 Å². The molecule has 0 aliphatic heterocycles. The number of esters is 3. The minimum absolute atomic E-state index is 0.0650. The van der Waals surface area contributed by atoms with Gasteiger partial charge < -0.3 is 14.2 Å². The maximum absolute atomic E-state index is 12.9. The van der Waals surface area contributed by atoms with Crippen LogP contribution in [0.15, 0.2) is 24.3 Å². The molecule has 6 nitrogen and oxygen atoms in total. The number of hydrogen-bond donors (Lipinski definition) is 0. The van der Waals surface area contributed by atoms with Crippen molar-refractivity contribution in [3.05, 3.63) is 24.3 Å². The second-order valence-electron chi connectivity index (χ2n) is 23.1. The summed E-state index contributed by atoms with van der Waals surface area (Å²) < 4.78 is 17.0. The molecule has 0 bridgehead atoms. The second-order valence-corrected chi connectivity index (χ2v) is 23.1. The van der Waals surface area contributed by atoms with Gasteiger partial charge in [-0.2, -0.15) is 0 Å². The van der Waals surface area contributed by atoms with Crippen LogP contribution in [0.2, 0.25) is 0 Å². The van der Waals surface area contributed by atoms with Crippen molar-refractivity contribution in [2.45, 2.75) is 386 Å². The molecule has 442 valence electrons. The van der Waals surface area contributed by atoms with Crippen LogP contribution in [0.1, 0.15) is 380 Å². The zero-order valence-corrected chi connectivity index (χ0v) is 50.8. The molecule has 0 saturated carbocycles. The lowest BCUT2D eigenvalue weighted by Gasteiger charge is -2.18. The van der Waals surface area contributed by atoms with E-state index in [-0.39, 0.29) is 31.1 Å². The van der Waals surface area contributed by atoms with E-state index in [1.54, 1.807) is 0 Å². The highest BCUT2D eigenvalue weighted by molar-refractivity contribution is 5.71. The van der Waals surface area contributed by atoms with Crippen molar-refractivity contribution in [2.75, 3.05) is 13.2 Å². The predicted molar refractivity (Wildman–Crippen MR) is 326 cm³/mol. The van der Waals surface area contributed by atoms with Gasteiger partial charge in [0.1, 0.15) is 13.2 Å². The van der Waals surface area contributed by atoms with Gasteiger partial charge in [0.25, 0.3) is 0 Å². The van der Waals surface area contributed by atoms with E-state index in [0.29, 0.717) is 19.3 Å². The maximum atomic E-state index is 12.9. The summed E-state index contributed by atoms with van der Waals surface area (Å²) in [6.45, 7) is 6.71. The van der Waals surface area contributed by atoms with E-state index >= 15 is 0 Å². The van der Waals surface area contributed by atoms with Gasteiger partial charge in [0.05, 0.1) is 0 Å². The van der Waals surface area contributed by atoms with Crippen LogP contribution >= 0.6 is 0 Å². The number of carbonyl (C=O) groups is 3. The van der Waals surface area contributed by atoms with Gasteiger partial charge in [0, 0.05) is 19.3 Å². The summed E-state index contributed by atoms with van der Waals surface area (Å²) in [5.74, 6) is -0.835. The Kier molecular flexibility index (Phi) is 62.6.